The quantitative estimate of drug-likeness (QED) is 0.691. The maximum Gasteiger partial charge on any atom is 0.234 e. The van der Waals surface area contributed by atoms with E-state index in [2.05, 4.69) is 26.1 Å². The van der Waals surface area contributed by atoms with Crippen LogP contribution in [0.4, 0.5) is 5.69 Å². The third-order valence-electron chi connectivity index (χ3n) is 3.95. The lowest BCUT2D eigenvalue weighted by atomic mass is 10.2. The van der Waals surface area contributed by atoms with E-state index in [0.29, 0.717) is 12.2 Å². The predicted molar refractivity (Wildman–Crippen MR) is 99.8 cm³/mol. The van der Waals surface area contributed by atoms with Gasteiger partial charge in [-0.25, -0.2) is 0 Å². The number of benzene rings is 1. The Labute approximate surface area is 151 Å². The largest absolute Gasteiger partial charge is 0.354 e. The van der Waals surface area contributed by atoms with Gasteiger partial charge in [0.2, 0.25) is 5.91 Å². The highest BCUT2D eigenvalue weighted by molar-refractivity contribution is 7.99. The Kier molecular flexibility index (Phi) is 5.23. The molecule has 6 nitrogen and oxygen atoms in total. The molecule has 7 heteroatoms. The van der Waals surface area contributed by atoms with Crippen LogP contribution in [0.25, 0.3) is 0 Å². The number of nitrogens with one attached hydrogen (secondary N) is 1. The average molecular weight is 355 g/mol. The Hall–Kier alpha value is -2.54. The molecule has 0 aliphatic heterocycles. The molecule has 0 atom stereocenters. The summed E-state index contributed by atoms with van der Waals surface area (Å²) in [6.07, 6.45) is 2.72. The van der Waals surface area contributed by atoms with Crippen molar-refractivity contribution >= 4 is 23.4 Å². The zero-order chi connectivity index (χ0) is 17.8. The Balaban J connectivity index is 1.58. The zero-order valence-corrected chi connectivity index (χ0v) is 15.4. The second-order valence-electron chi connectivity index (χ2n) is 5.95. The lowest BCUT2D eigenvalue weighted by molar-refractivity contribution is -0.113. The summed E-state index contributed by atoms with van der Waals surface area (Å²) >= 11 is 1.39. The fourth-order valence-corrected chi connectivity index (χ4v) is 3.25. The highest BCUT2D eigenvalue weighted by Crippen LogP contribution is 2.18. The number of aromatic nitrogens is 4. The van der Waals surface area contributed by atoms with Crippen molar-refractivity contribution in [3.05, 3.63) is 59.7 Å². The molecule has 0 aliphatic rings. The number of rotatable bonds is 6. The summed E-state index contributed by atoms with van der Waals surface area (Å²) in [5.41, 5.74) is 3.10. The Bertz CT molecular complexity index is 883. The monoisotopic (exact) mass is 355 g/mol. The molecule has 0 aliphatic carbocycles. The number of hydrogen-bond donors (Lipinski definition) is 1. The minimum Gasteiger partial charge on any atom is -0.354 e. The van der Waals surface area contributed by atoms with Gasteiger partial charge >= 0.3 is 0 Å². The highest BCUT2D eigenvalue weighted by atomic mass is 32.2. The zero-order valence-electron chi connectivity index (χ0n) is 14.6. The molecule has 0 bridgehead atoms. The van der Waals surface area contributed by atoms with Crippen LogP contribution in [0, 0.1) is 6.92 Å². The molecule has 0 spiro atoms. The van der Waals surface area contributed by atoms with Crippen LogP contribution in [-0.2, 0) is 25.3 Å². The number of hydrogen-bond acceptors (Lipinski definition) is 4. The second kappa shape index (κ2) is 7.57. The Morgan fingerprint density at radius 3 is 2.76 bits per heavy atom. The number of aryl methyl sites for hydroxylation is 2. The van der Waals surface area contributed by atoms with Crippen molar-refractivity contribution in [3.63, 3.8) is 0 Å². The summed E-state index contributed by atoms with van der Waals surface area (Å²) < 4.78 is 4.01. The van der Waals surface area contributed by atoms with Crippen molar-refractivity contribution in [3.8, 4) is 0 Å². The lowest BCUT2D eigenvalue weighted by Gasteiger charge is -2.06. The van der Waals surface area contributed by atoms with Gasteiger partial charge in [-0.15, -0.1) is 10.2 Å². The molecule has 130 valence electrons. The van der Waals surface area contributed by atoms with E-state index < -0.39 is 0 Å². The van der Waals surface area contributed by atoms with Crippen LogP contribution in [0.15, 0.2) is 47.8 Å². The fraction of sp³-hybridized carbons (Fsp3) is 0.278. The van der Waals surface area contributed by atoms with Gasteiger partial charge in [-0.2, -0.15) is 0 Å². The van der Waals surface area contributed by atoms with E-state index in [0.717, 1.165) is 22.2 Å². The molecular formula is C18H21N5OS. The molecule has 3 aromatic rings. The highest BCUT2D eigenvalue weighted by Gasteiger charge is 2.13. The topological polar surface area (TPSA) is 64.7 Å². The standard InChI is InChI=1S/C18H21N5OS/c1-13-6-4-7-14(10-13)19-17(24)12-25-18-21-20-16(23(18)3)11-15-8-5-9-22(15)2/h4-10H,11-12H2,1-3H3,(H,19,24). The molecule has 1 N–H and O–H groups in total. The maximum absolute atomic E-state index is 12.1. The molecule has 0 fully saturated rings. The summed E-state index contributed by atoms with van der Waals surface area (Å²) in [5.74, 6) is 1.12. The number of amides is 1. The summed E-state index contributed by atoms with van der Waals surface area (Å²) in [7, 11) is 3.94. The molecule has 0 radical (unpaired) electrons. The fourth-order valence-electron chi connectivity index (χ4n) is 2.52. The number of nitrogens with zero attached hydrogens (tertiary/aromatic N) is 4. The molecule has 25 heavy (non-hydrogen) atoms. The van der Waals surface area contributed by atoms with Gasteiger partial charge < -0.3 is 14.5 Å². The number of carbonyl (C=O) groups is 1. The predicted octanol–water partition coefficient (Wildman–Crippen LogP) is 2.78. The van der Waals surface area contributed by atoms with Crippen LogP contribution in [0.1, 0.15) is 17.1 Å². The van der Waals surface area contributed by atoms with Crippen molar-refractivity contribution in [1.29, 1.82) is 0 Å². The second-order valence-corrected chi connectivity index (χ2v) is 6.89. The van der Waals surface area contributed by atoms with E-state index in [4.69, 9.17) is 0 Å². The van der Waals surface area contributed by atoms with Gasteiger partial charge in [0.1, 0.15) is 5.82 Å². The van der Waals surface area contributed by atoms with Gasteiger partial charge in [-0.3, -0.25) is 4.79 Å². The maximum atomic E-state index is 12.1. The minimum absolute atomic E-state index is 0.0532. The first-order valence-corrected chi connectivity index (χ1v) is 8.99. The van der Waals surface area contributed by atoms with Crippen molar-refractivity contribution in [2.75, 3.05) is 11.1 Å². The van der Waals surface area contributed by atoms with E-state index in [9.17, 15) is 4.79 Å². The van der Waals surface area contributed by atoms with Crippen LogP contribution >= 0.6 is 11.8 Å². The first kappa shape index (κ1) is 17.3. The first-order valence-electron chi connectivity index (χ1n) is 8.00. The van der Waals surface area contributed by atoms with Crippen LogP contribution in [0.2, 0.25) is 0 Å². The van der Waals surface area contributed by atoms with Gasteiger partial charge in [0.15, 0.2) is 5.16 Å². The van der Waals surface area contributed by atoms with Crippen molar-refractivity contribution in [2.45, 2.75) is 18.5 Å². The van der Waals surface area contributed by atoms with Gasteiger partial charge in [0.25, 0.3) is 0 Å². The van der Waals surface area contributed by atoms with Crippen LogP contribution in [0.3, 0.4) is 0 Å². The third-order valence-corrected chi connectivity index (χ3v) is 4.97. The van der Waals surface area contributed by atoms with Gasteiger partial charge in [0, 0.05) is 38.1 Å². The van der Waals surface area contributed by atoms with Gasteiger partial charge in [0.05, 0.1) is 5.75 Å². The molecular weight excluding hydrogens is 334 g/mol. The number of anilines is 1. The van der Waals surface area contributed by atoms with Crippen molar-refractivity contribution in [2.24, 2.45) is 14.1 Å². The van der Waals surface area contributed by atoms with Crippen molar-refractivity contribution in [1.82, 2.24) is 19.3 Å². The minimum atomic E-state index is -0.0532. The molecule has 0 saturated heterocycles. The molecule has 2 aromatic heterocycles. The molecule has 0 unspecified atom stereocenters. The molecule has 2 heterocycles. The van der Waals surface area contributed by atoms with Crippen LogP contribution < -0.4 is 5.32 Å². The SMILES string of the molecule is Cc1cccc(NC(=O)CSc2nnc(Cc3cccn3C)n2C)c1. The van der Waals surface area contributed by atoms with E-state index in [1.807, 2.05) is 62.1 Å². The van der Waals surface area contributed by atoms with E-state index in [1.54, 1.807) is 0 Å². The Morgan fingerprint density at radius 2 is 2.04 bits per heavy atom. The average Bonchev–Trinajstić information content (AvgIpc) is 3.13. The van der Waals surface area contributed by atoms with Gasteiger partial charge in [-0.1, -0.05) is 23.9 Å². The van der Waals surface area contributed by atoms with Crippen molar-refractivity contribution < 1.29 is 4.79 Å². The molecule has 0 saturated carbocycles. The summed E-state index contributed by atoms with van der Waals surface area (Å²) in [4.78, 5) is 12.1. The molecule has 1 aromatic carbocycles. The molecule has 3 rings (SSSR count). The smallest absolute Gasteiger partial charge is 0.234 e. The molecule has 1 amide bonds. The normalized spacial score (nSPS) is 10.8. The third kappa shape index (κ3) is 4.30. The van der Waals surface area contributed by atoms with E-state index in [1.165, 1.54) is 17.5 Å². The van der Waals surface area contributed by atoms with E-state index in [-0.39, 0.29) is 5.91 Å². The Morgan fingerprint density at radius 1 is 1.20 bits per heavy atom. The van der Waals surface area contributed by atoms with Gasteiger partial charge in [-0.05, 0) is 36.8 Å². The summed E-state index contributed by atoms with van der Waals surface area (Å²) in [6.45, 7) is 2.00. The van der Waals surface area contributed by atoms with Crippen LogP contribution in [-0.4, -0.2) is 31.0 Å². The lowest BCUT2D eigenvalue weighted by Crippen LogP contribution is -2.14. The first-order chi connectivity index (χ1) is 12.0. The number of carbonyl (C=O) groups excluding carboxylic acids is 1. The number of thioether (sulfide) groups is 1. The van der Waals surface area contributed by atoms with Crippen LogP contribution in [0.5, 0.6) is 0 Å². The summed E-state index contributed by atoms with van der Waals surface area (Å²) in [5, 5.41) is 12.1. The summed E-state index contributed by atoms with van der Waals surface area (Å²) in [6, 6.07) is 11.8. The van der Waals surface area contributed by atoms with E-state index >= 15 is 0 Å².